The average molecular weight is 310 g/mol. The number of benzene rings is 1. The predicted octanol–water partition coefficient (Wildman–Crippen LogP) is 2.50. The van der Waals surface area contributed by atoms with Crippen LogP contribution in [0.3, 0.4) is 0 Å². The summed E-state index contributed by atoms with van der Waals surface area (Å²) in [5, 5.41) is 3.28. The summed E-state index contributed by atoms with van der Waals surface area (Å²) in [6.45, 7) is 0. The van der Waals surface area contributed by atoms with Crippen LogP contribution in [0.5, 0.6) is 5.75 Å². The molecule has 0 radical (unpaired) electrons. The Balaban J connectivity index is 2.40. The van der Waals surface area contributed by atoms with Gasteiger partial charge < -0.3 is 14.6 Å². The van der Waals surface area contributed by atoms with Gasteiger partial charge in [0.2, 0.25) is 0 Å². The summed E-state index contributed by atoms with van der Waals surface area (Å²) in [4.78, 5) is 4.39. The fraction of sp³-hybridized carbons (Fsp3) is 0.308. The Morgan fingerprint density at radius 1 is 1.44 bits per heavy atom. The second kappa shape index (κ2) is 5.54. The lowest BCUT2D eigenvalue weighted by molar-refractivity contribution is 0.411. The minimum Gasteiger partial charge on any atom is -0.496 e. The first-order chi connectivity index (χ1) is 8.67. The van der Waals surface area contributed by atoms with Crippen molar-refractivity contribution in [2.45, 2.75) is 6.04 Å². The molecule has 5 heteroatoms. The van der Waals surface area contributed by atoms with Crippen molar-refractivity contribution in [3.8, 4) is 5.75 Å². The van der Waals surface area contributed by atoms with Gasteiger partial charge in [-0.25, -0.2) is 4.98 Å². The van der Waals surface area contributed by atoms with Gasteiger partial charge in [0.05, 0.1) is 17.6 Å². The molecule has 1 aromatic carbocycles. The number of nitrogens with zero attached hydrogens (tertiary/aromatic N) is 2. The molecule has 0 aliphatic rings. The molecule has 4 nitrogen and oxygen atoms in total. The van der Waals surface area contributed by atoms with E-state index in [2.05, 4.69) is 32.3 Å². The van der Waals surface area contributed by atoms with E-state index in [4.69, 9.17) is 4.74 Å². The van der Waals surface area contributed by atoms with E-state index >= 15 is 0 Å². The topological polar surface area (TPSA) is 39.1 Å². The molecular weight excluding hydrogens is 294 g/mol. The van der Waals surface area contributed by atoms with Gasteiger partial charge in [0.25, 0.3) is 0 Å². The molecule has 0 aliphatic heterocycles. The third kappa shape index (κ3) is 2.42. The van der Waals surface area contributed by atoms with E-state index in [-0.39, 0.29) is 6.04 Å². The standard InChI is InChI=1S/C13H16BrN3O/c1-15-12(13-16-6-7-17(13)2)9-4-5-11(18-3)10(14)8-9/h4-8,12,15H,1-3H3. The molecule has 0 saturated carbocycles. The zero-order valence-corrected chi connectivity index (χ0v) is 12.2. The highest BCUT2D eigenvalue weighted by molar-refractivity contribution is 9.10. The summed E-state index contributed by atoms with van der Waals surface area (Å²) in [6, 6.07) is 6.10. The van der Waals surface area contributed by atoms with Gasteiger partial charge in [-0.2, -0.15) is 0 Å². The first-order valence-corrected chi connectivity index (χ1v) is 6.44. The largest absolute Gasteiger partial charge is 0.496 e. The Kier molecular flexibility index (Phi) is 4.04. The van der Waals surface area contributed by atoms with E-state index in [0.717, 1.165) is 21.6 Å². The maximum Gasteiger partial charge on any atom is 0.133 e. The highest BCUT2D eigenvalue weighted by Crippen LogP contribution is 2.29. The second-order valence-electron chi connectivity index (χ2n) is 4.01. The van der Waals surface area contributed by atoms with Crippen LogP contribution in [0.2, 0.25) is 0 Å². The number of aryl methyl sites for hydroxylation is 1. The van der Waals surface area contributed by atoms with Gasteiger partial charge in [0.1, 0.15) is 11.6 Å². The van der Waals surface area contributed by atoms with E-state index in [1.165, 1.54) is 0 Å². The van der Waals surface area contributed by atoms with Gasteiger partial charge in [-0.15, -0.1) is 0 Å². The Bertz CT molecular complexity index is 539. The van der Waals surface area contributed by atoms with Crippen molar-refractivity contribution in [2.24, 2.45) is 7.05 Å². The minimum atomic E-state index is 0.0622. The number of rotatable bonds is 4. The normalized spacial score (nSPS) is 12.4. The number of imidazole rings is 1. The molecule has 0 saturated heterocycles. The number of hydrogen-bond acceptors (Lipinski definition) is 3. The Hall–Kier alpha value is -1.33. The maximum atomic E-state index is 5.24. The molecule has 1 N–H and O–H groups in total. The summed E-state index contributed by atoms with van der Waals surface area (Å²) in [5.41, 5.74) is 1.14. The molecule has 2 rings (SSSR count). The molecule has 2 aromatic rings. The van der Waals surface area contributed by atoms with Crippen LogP contribution in [0.15, 0.2) is 35.1 Å². The number of hydrogen-bond donors (Lipinski definition) is 1. The molecule has 1 aromatic heterocycles. The van der Waals surface area contributed by atoms with Crippen LogP contribution in [-0.4, -0.2) is 23.7 Å². The summed E-state index contributed by atoms with van der Waals surface area (Å²) in [7, 11) is 5.58. The molecule has 0 amide bonds. The highest BCUT2D eigenvalue weighted by Gasteiger charge is 2.17. The first kappa shape index (κ1) is 13.1. The van der Waals surface area contributed by atoms with E-state index in [0.29, 0.717) is 0 Å². The van der Waals surface area contributed by atoms with Gasteiger partial charge in [0, 0.05) is 19.4 Å². The zero-order chi connectivity index (χ0) is 13.1. The van der Waals surface area contributed by atoms with Crippen LogP contribution < -0.4 is 10.1 Å². The number of aromatic nitrogens is 2. The van der Waals surface area contributed by atoms with Crippen molar-refractivity contribution in [1.29, 1.82) is 0 Å². The highest BCUT2D eigenvalue weighted by atomic mass is 79.9. The van der Waals surface area contributed by atoms with Crippen molar-refractivity contribution in [3.63, 3.8) is 0 Å². The third-order valence-corrected chi connectivity index (χ3v) is 3.53. The van der Waals surface area contributed by atoms with E-state index in [1.807, 2.05) is 37.0 Å². The Labute approximate surface area is 115 Å². The second-order valence-corrected chi connectivity index (χ2v) is 4.87. The fourth-order valence-corrected chi connectivity index (χ4v) is 2.52. The van der Waals surface area contributed by atoms with Crippen LogP contribution in [0.25, 0.3) is 0 Å². The third-order valence-electron chi connectivity index (χ3n) is 2.91. The summed E-state index contributed by atoms with van der Waals surface area (Å²) in [5.74, 6) is 1.81. The van der Waals surface area contributed by atoms with E-state index < -0.39 is 0 Å². The number of halogens is 1. The Morgan fingerprint density at radius 2 is 2.22 bits per heavy atom. The van der Waals surface area contributed by atoms with Gasteiger partial charge in [0.15, 0.2) is 0 Å². The van der Waals surface area contributed by atoms with Crippen molar-refractivity contribution in [1.82, 2.24) is 14.9 Å². The number of nitrogens with one attached hydrogen (secondary N) is 1. The molecule has 0 aliphatic carbocycles. The van der Waals surface area contributed by atoms with Crippen LogP contribution in [0.1, 0.15) is 17.4 Å². The molecule has 0 spiro atoms. The summed E-state index contributed by atoms with van der Waals surface area (Å²) < 4.78 is 8.19. The zero-order valence-electron chi connectivity index (χ0n) is 10.6. The lowest BCUT2D eigenvalue weighted by Crippen LogP contribution is -2.21. The van der Waals surface area contributed by atoms with Gasteiger partial charge in [-0.1, -0.05) is 6.07 Å². The molecule has 96 valence electrons. The van der Waals surface area contributed by atoms with Crippen LogP contribution in [0, 0.1) is 0 Å². The van der Waals surface area contributed by atoms with Crippen LogP contribution in [-0.2, 0) is 7.05 Å². The maximum absolute atomic E-state index is 5.24. The molecule has 1 heterocycles. The van der Waals surface area contributed by atoms with Crippen molar-refractivity contribution in [2.75, 3.05) is 14.2 Å². The first-order valence-electron chi connectivity index (χ1n) is 5.65. The molecule has 0 bridgehead atoms. The molecular formula is C13H16BrN3O. The fourth-order valence-electron chi connectivity index (χ4n) is 1.96. The lowest BCUT2D eigenvalue weighted by Gasteiger charge is -2.17. The van der Waals surface area contributed by atoms with Crippen molar-refractivity contribution in [3.05, 3.63) is 46.5 Å². The SMILES string of the molecule is CNC(c1ccc(OC)c(Br)c1)c1nccn1C. The van der Waals surface area contributed by atoms with Gasteiger partial charge in [-0.05, 0) is 40.7 Å². The van der Waals surface area contributed by atoms with E-state index in [9.17, 15) is 0 Å². The monoisotopic (exact) mass is 309 g/mol. The van der Waals surface area contributed by atoms with Crippen LogP contribution >= 0.6 is 15.9 Å². The van der Waals surface area contributed by atoms with Crippen molar-refractivity contribution >= 4 is 15.9 Å². The number of ether oxygens (including phenoxy) is 1. The van der Waals surface area contributed by atoms with Gasteiger partial charge in [-0.3, -0.25) is 0 Å². The van der Waals surface area contributed by atoms with Gasteiger partial charge >= 0.3 is 0 Å². The summed E-state index contributed by atoms with van der Waals surface area (Å²) in [6.07, 6.45) is 3.75. The Morgan fingerprint density at radius 3 is 2.72 bits per heavy atom. The molecule has 0 fully saturated rings. The predicted molar refractivity (Wildman–Crippen MR) is 74.8 cm³/mol. The van der Waals surface area contributed by atoms with Crippen LogP contribution in [0.4, 0.5) is 0 Å². The average Bonchev–Trinajstić information content (AvgIpc) is 2.77. The lowest BCUT2D eigenvalue weighted by atomic mass is 10.1. The summed E-state index contributed by atoms with van der Waals surface area (Å²) >= 11 is 3.51. The molecule has 18 heavy (non-hydrogen) atoms. The van der Waals surface area contributed by atoms with E-state index in [1.54, 1.807) is 13.3 Å². The number of methoxy groups -OCH3 is 1. The molecule has 1 unspecified atom stereocenters. The smallest absolute Gasteiger partial charge is 0.133 e. The molecule has 1 atom stereocenters. The van der Waals surface area contributed by atoms with Crippen molar-refractivity contribution < 1.29 is 4.74 Å². The quantitative estimate of drug-likeness (QED) is 0.943. The minimum absolute atomic E-state index is 0.0622.